The van der Waals surface area contributed by atoms with E-state index in [-0.39, 0.29) is 0 Å². The number of anilines is 1. The Bertz CT molecular complexity index is 785. The number of benzene rings is 2. The van der Waals surface area contributed by atoms with E-state index in [0.717, 1.165) is 21.4 Å². The minimum absolute atomic E-state index is 0.657. The van der Waals surface area contributed by atoms with Gasteiger partial charge in [-0.1, -0.05) is 29.8 Å². The predicted octanol–water partition coefficient (Wildman–Crippen LogP) is 5.20. The maximum absolute atomic E-state index is 6.10. The van der Waals surface area contributed by atoms with Crippen LogP contribution in [0.25, 0.3) is 10.9 Å². The largest absolute Gasteiger partial charge is 0.493 e. The fourth-order valence-electron chi connectivity index (χ4n) is 2.37. The number of hydrogen-bond donors (Lipinski definition) is 2. The number of nitrogens with one attached hydrogen (secondary N) is 2. The van der Waals surface area contributed by atoms with Crippen LogP contribution in [0.5, 0.6) is 5.75 Å². The molecule has 0 fully saturated rings. The lowest BCUT2D eigenvalue weighted by molar-refractivity contribution is 0.414. The maximum atomic E-state index is 6.10. The number of aromatic nitrogens is 1. The Morgan fingerprint density at radius 2 is 2.10 bits per heavy atom. The summed E-state index contributed by atoms with van der Waals surface area (Å²) in [6.45, 7) is 0.688. The Kier molecular flexibility index (Phi) is 4.08. The van der Waals surface area contributed by atoms with Gasteiger partial charge in [0.05, 0.1) is 17.3 Å². The lowest BCUT2D eigenvalue weighted by atomic mass is 10.1. The van der Waals surface area contributed by atoms with E-state index in [0.29, 0.717) is 11.6 Å². The first kappa shape index (κ1) is 14.3. The third-order valence-electron chi connectivity index (χ3n) is 3.36. The first-order valence-corrected chi connectivity index (χ1v) is 7.68. The average molecular weight is 366 g/mol. The molecule has 2 N–H and O–H groups in total. The van der Waals surface area contributed by atoms with Gasteiger partial charge in [-0.25, -0.2) is 0 Å². The molecule has 21 heavy (non-hydrogen) atoms. The summed E-state index contributed by atoms with van der Waals surface area (Å²) in [5.74, 6) is 0.749. The Labute approximate surface area is 136 Å². The second-order valence-electron chi connectivity index (χ2n) is 4.68. The Morgan fingerprint density at radius 1 is 1.29 bits per heavy atom. The van der Waals surface area contributed by atoms with Crippen molar-refractivity contribution in [3.05, 3.63) is 57.7 Å². The molecule has 3 rings (SSSR count). The number of para-hydroxylation sites is 1. The molecule has 5 heteroatoms. The minimum atomic E-state index is 0.657. The molecular formula is C16H14BrClN2O. The number of fused-ring (bicyclic) bond motifs is 1. The van der Waals surface area contributed by atoms with Gasteiger partial charge in [0.1, 0.15) is 0 Å². The van der Waals surface area contributed by atoms with Crippen LogP contribution >= 0.6 is 27.5 Å². The van der Waals surface area contributed by atoms with E-state index in [4.69, 9.17) is 16.3 Å². The molecular weight excluding hydrogens is 352 g/mol. The molecule has 0 unspecified atom stereocenters. The highest BCUT2D eigenvalue weighted by Crippen LogP contribution is 2.36. The zero-order valence-electron chi connectivity index (χ0n) is 11.4. The van der Waals surface area contributed by atoms with Gasteiger partial charge in [0.2, 0.25) is 0 Å². The van der Waals surface area contributed by atoms with Crippen LogP contribution in [0.15, 0.2) is 47.1 Å². The average Bonchev–Trinajstić information content (AvgIpc) is 2.88. The highest BCUT2D eigenvalue weighted by molar-refractivity contribution is 9.10. The van der Waals surface area contributed by atoms with Crippen molar-refractivity contribution >= 4 is 44.1 Å². The number of methoxy groups -OCH3 is 1. The molecule has 0 spiro atoms. The van der Waals surface area contributed by atoms with Crippen LogP contribution in [-0.2, 0) is 6.54 Å². The second-order valence-corrected chi connectivity index (χ2v) is 5.97. The lowest BCUT2D eigenvalue weighted by Crippen LogP contribution is -2.01. The Morgan fingerprint density at radius 3 is 2.90 bits per heavy atom. The number of ether oxygens (including phenoxy) is 1. The van der Waals surface area contributed by atoms with Crippen molar-refractivity contribution in [3.63, 3.8) is 0 Å². The molecule has 2 aromatic carbocycles. The zero-order chi connectivity index (χ0) is 14.8. The summed E-state index contributed by atoms with van der Waals surface area (Å²) in [6.07, 6.45) is 2.02. The predicted molar refractivity (Wildman–Crippen MR) is 91.3 cm³/mol. The minimum Gasteiger partial charge on any atom is -0.493 e. The first-order valence-electron chi connectivity index (χ1n) is 6.51. The Balaban J connectivity index is 1.88. The van der Waals surface area contributed by atoms with E-state index < -0.39 is 0 Å². The molecule has 3 aromatic rings. The third kappa shape index (κ3) is 2.87. The Hall–Kier alpha value is -1.65. The molecule has 0 atom stereocenters. The van der Waals surface area contributed by atoms with Crippen LogP contribution in [0.3, 0.4) is 0 Å². The van der Waals surface area contributed by atoms with Crippen LogP contribution in [0.1, 0.15) is 5.56 Å². The van der Waals surface area contributed by atoms with E-state index >= 15 is 0 Å². The monoisotopic (exact) mass is 364 g/mol. The molecule has 0 bridgehead atoms. The molecule has 0 amide bonds. The molecule has 0 aliphatic rings. The van der Waals surface area contributed by atoms with Crippen molar-refractivity contribution in [2.75, 3.05) is 12.4 Å². The highest BCUT2D eigenvalue weighted by Gasteiger charge is 2.10. The lowest BCUT2D eigenvalue weighted by Gasteiger charge is -2.13. The summed E-state index contributed by atoms with van der Waals surface area (Å²) >= 11 is 9.56. The second kappa shape index (κ2) is 6.00. The number of H-pyrrole nitrogens is 1. The van der Waals surface area contributed by atoms with Gasteiger partial charge in [0.25, 0.3) is 0 Å². The third-order valence-corrected chi connectivity index (χ3v) is 4.16. The molecule has 0 saturated carbocycles. The molecule has 1 heterocycles. The maximum Gasteiger partial charge on any atom is 0.156 e. The highest BCUT2D eigenvalue weighted by atomic mass is 79.9. The van der Waals surface area contributed by atoms with Crippen LogP contribution < -0.4 is 10.1 Å². The summed E-state index contributed by atoms with van der Waals surface area (Å²) in [4.78, 5) is 3.27. The van der Waals surface area contributed by atoms with E-state index in [1.54, 1.807) is 7.11 Å². The summed E-state index contributed by atoms with van der Waals surface area (Å²) < 4.78 is 6.25. The van der Waals surface area contributed by atoms with Crippen molar-refractivity contribution in [1.29, 1.82) is 0 Å². The normalized spacial score (nSPS) is 10.8. The molecule has 0 saturated heterocycles. The van der Waals surface area contributed by atoms with Crippen molar-refractivity contribution in [2.24, 2.45) is 0 Å². The van der Waals surface area contributed by atoms with Gasteiger partial charge in [-0.15, -0.1) is 0 Å². The molecule has 1 aromatic heterocycles. The first-order chi connectivity index (χ1) is 10.2. The summed E-state index contributed by atoms with van der Waals surface area (Å²) in [7, 11) is 1.64. The SMILES string of the molecule is COc1c(Br)cc(Cl)cc1NCc1c[nH]c2ccccc12. The standard InChI is InChI=1S/C16H14BrClN2O/c1-21-16-13(17)6-11(18)7-15(16)20-9-10-8-19-14-5-3-2-4-12(10)14/h2-8,19-20H,9H2,1H3. The molecule has 108 valence electrons. The molecule has 0 aliphatic heterocycles. The van der Waals surface area contributed by atoms with E-state index in [2.05, 4.69) is 38.4 Å². The summed E-state index contributed by atoms with van der Waals surface area (Å²) in [6, 6.07) is 11.9. The molecule has 0 aliphatic carbocycles. The zero-order valence-corrected chi connectivity index (χ0v) is 13.8. The van der Waals surface area contributed by atoms with E-state index in [1.807, 2.05) is 30.5 Å². The van der Waals surface area contributed by atoms with Crippen LogP contribution in [0, 0.1) is 0 Å². The van der Waals surface area contributed by atoms with Crippen molar-refractivity contribution in [2.45, 2.75) is 6.54 Å². The van der Waals surface area contributed by atoms with Gasteiger partial charge in [0.15, 0.2) is 5.75 Å². The summed E-state index contributed by atoms with van der Waals surface area (Å²) in [5, 5.41) is 5.25. The smallest absolute Gasteiger partial charge is 0.156 e. The van der Waals surface area contributed by atoms with Crippen LogP contribution in [0.2, 0.25) is 5.02 Å². The molecule has 3 nitrogen and oxygen atoms in total. The van der Waals surface area contributed by atoms with Gasteiger partial charge < -0.3 is 15.0 Å². The molecule has 0 radical (unpaired) electrons. The van der Waals surface area contributed by atoms with Crippen LogP contribution in [-0.4, -0.2) is 12.1 Å². The van der Waals surface area contributed by atoms with Gasteiger partial charge in [-0.2, -0.15) is 0 Å². The van der Waals surface area contributed by atoms with Crippen molar-refractivity contribution in [1.82, 2.24) is 4.98 Å². The quantitative estimate of drug-likeness (QED) is 0.666. The number of hydrogen-bond acceptors (Lipinski definition) is 2. The summed E-state index contributed by atoms with van der Waals surface area (Å²) in [5.41, 5.74) is 3.19. The van der Waals surface area contributed by atoms with Gasteiger partial charge in [-0.3, -0.25) is 0 Å². The van der Waals surface area contributed by atoms with Gasteiger partial charge >= 0.3 is 0 Å². The van der Waals surface area contributed by atoms with E-state index in [1.165, 1.54) is 10.9 Å². The number of rotatable bonds is 4. The van der Waals surface area contributed by atoms with Gasteiger partial charge in [0, 0.05) is 28.7 Å². The van der Waals surface area contributed by atoms with Crippen molar-refractivity contribution < 1.29 is 4.74 Å². The topological polar surface area (TPSA) is 37.0 Å². The van der Waals surface area contributed by atoms with Crippen molar-refractivity contribution in [3.8, 4) is 5.75 Å². The number of halogens is 2. The fraction of sp³-hybridized carbons (Fsp3) is 0.125. The fourth-order valence-corrected chi connectivity index (χ4v) is 3.34. The van der Waals surface area contributed by atoms with E-state index in [9.17, 15) is 0 Å². The van der Waals surface area contributed by atoms with Crippen LogP contribution in [0.4, 0.5) is 5.69 Å². The number of aromatic amines is 1. The van der Waals surface area contributed by atoms with Gasteiger partial charge in [-0.05, 0) is 39.7 Å².